The molecule has 0 saturated carbocycles. The Balaban J connectivity index is 3.05. The Bertz CT molecular complexity index is 509. The highest BCUT2D eigenvalue weighted by molar-refractivity contribution is 7.82. The van der Waals surface area contributed by atoms with Gasteiger partial charge in [-0.1, -0.05) is 0 Å². The second kappa shape index (κ2) is 4.35. The Hall–Kier alpha value is -1.84. The van der Waals surface area contributed by atoms with Crippen molar-refractivity contribution in [3.05, 3.63) is 23.8 Å². The van der Waals surface area contributed by atoms with Crippen molar-refractivity contribution in [1.29, 1.82) is 0 Å². The zero-order chi connectivity index (χ0) is 12.3. The van der Waals surface area contributed by atoms with Crippen molar-refractivity contribution in [1.82, 2.24) is 0 Å². The molecule has 0 fully saturated rings. The molecule has 1 aromatic rings. The van der Waals surface area contributed by atoms with Crippen LogP contribution in [0.5, 0.6) is 11.5 Å². The molecule has 16 heavy (non-hydrogen) atoms. The van der Waals surface area contributed by atoms with Gasteiger partial charge in [-0.25, -0.2) is 4.79 Å². The lowest BCUT2D eigenvalue weighted by atomic mass is 10.2. The maximum absolute atomic E-state index is 10.7. The molecule has 0 unspecified atom stereocenters. The maximum Gasteiger partial charge on any atom is 0.465 e. The molecule has 0 atom stereocenters. The van der Waals surface area contributed by atoms with Crippen LogP contribution < -0.4 is 10.1 Å². The Kier molecular flexibility index (Phi) is 3.32. The molecule has 88 valence electrons. The minimum atomic E-state index is -4.46. The number of hydrogen-bond acceptors (Lipinski definition) is 7. The zero-order valence-electron chi connectivity index (χ0n) is 7.65. The number of aromatic carboxylic acids is 1. The quantitative estimate of drug-likeness (QED) is 0.613. The van der Waals surface area contributed by atoms with Gasteiger partial charge in [0.05, 0.1) is 5.56 Å². The molecule has 9 heteroatoms. The van der Waals surface area contributed by atoms with Gasteiger partial charge in [-0.3, -0.25) is 0 Å². The van der Waals surface area contributed by atoms with Crippen LogP contribution in [-0.2, 0) is 14.7 Å². The van der Waals surface area contributed by atoms with Gasteiger partial charge < -0.3 is 14.4 Å². The van der Waals surface area contributed by atoms with Gasteiger partial charge in [0.25, 0.3) is 0 Å². The molecular formula is C7H7NO7S. The van der Waals surface area contributed by atoms with Crippen molar-refractivity contribution in [2.24, 2.45) is 5.90 Å². The van der Waals surface area contributed by atoms with E-state index in [1.807, 2.05) is 0 Å². The molecule has 0 aliphatic carbocycles. The van der Waals surface area contributed by atoms with Crippen molar-refractivity contribution in [3.63, 3.8) is 0 Å². The SMILES string of the molecule is NOS(=O)(=O)Oc1ccc(C(=O)O)cc1O. The summed E-state index contributed by atoms with van der Waals surface area (Å²) in [6.45, 7) is 0. The highest BCUT2D eigenvalue weighted by Crippen LogP contribution is 2.28. The summed E-state index contributed by atoms with van der Waals surface area (Å²) in [6, 6.07) is 2.82. The van der Waals surface area contributed by atoms with Crippen LogP contribution in [0.1, 0.15) is 10.4 Å². The molecule has 0 aliphatic heterocycles. The fourth-order valence-electron chi connectivity index (χ4n) is 0.850. The molecule has 0 radical (unpaired) electrons. The van der Waals surface area contributed by atoms with Crippen LogP contribution in [-0.4, -0.2) is 24.6 Å². The van der Waals surface area contributed by atoms with Crippen molar-refractivity contribution < 1.29 is 31.9 Å². The molecule has 1 rings (SSSR count). The first-order valence-corrected chi connectivity index (χ1v) is 5.08. The monoisotopic (exact) mass is 249 g/mol. The number of aromatic hydroxyl groups is 1. The van der Waals surface area contributed by atoms with Crippen molar-refractivity contribution >= 4 is 16.4 Å². The van der Waals surface area contributed by atoms with E-state index in [0.29, 0.717) is 0 Å². The summed E-state index contributed by atoms with van der Waals surface area (Å²) in [5, 5.41) is 17.8. The average Bonchev–Trinajstić information content (AvgIpc) is 2.20. The minimum absolute atomic E-state index is 0.226. The van der Waals surface area contributed by atoms with Crippen LogP contribution >= 0.6 is 0 Å². The van der Waals surface area contributed by atoms with Crippen LogP contribution in [0.3, 0.4) is 0 Å². The van der Waals surface area contributed by atoms with E-state index in [0.717, 1.165) is 18.2 Å². The summed E-state index contributed by atoms with van der Waals surface area (Å²) >= 11 is 0. The fraction of sp³-hybridized carbons (Fsp3) is 0. The second-order valence-corrected chi connectivity index (χ2v) is 3.75. The molecule has 0 aliphatic rings. The number of carboxylic acids is 1. The molecule has 0 bridgehead atoms. The summed E-state index contributed by atoms with van der Waals surface area (Å²) in [5.74, 6) is 1.96. The third kappa shape index (κ3) is 2.82. The summed E-state index contributed by atoms with van der Waals surface area (Å²) in [7, 11) is -4.46. The average molecular weight is 249 g/mol. The van der Waals surface area contributed by atoms with Gasteiger partial charge in [-0.2, -0.15) is 18.6 Å². The largest absolute Gasteiger partial charge is 0.504 e. The van der Waals surface area contributed by atoms with Gasteiger partial charge in [0.1, 0.15) is 0 Å². The summed E-state index contributed by atoms with van der Waals surface area (Å²) in [4.78, 5) is 10.5. The smallest absolute Gasteiger partial charge is 0.465 e. The minimum Gasteiger partial charge on any atom is -0.504 e. The van der Waals surface area contributed by atoms with E-state index in [1.54, 1.807) is 0 Å². The summed E-state index contributed by atoms with van der Waals surface area (Å²) in [5.41, 5.74) is -0.226. The Morgan fingerprint density at radius 1 is 1.38 bits per heavy atom. The van der Waals surface area contributed by atoms with Gasteiger partial charge in [0.2, 0.25) is 0 Å². The number of nitrogens with two attached hydrogens (primary N) is 1. The number of hydrogen-bond donors (Lipinski definition) is 3. The molecular weight excluding hydrogens is 242 g/mol. The van der Waals surface area contributed by atoms with E-state index < -0.39 is 27.9 Å². The van der Waals surface area contributed by atoms with E-state index in [1.165, 1.54) is 0 Å². The normalized spacial score (nSPS) is 11.1. The maximum atomic E-state index is 10.7. The van der Waals surface area contributed by atoms with Gasteiger partial charge in [-0.05, 0) is 18.2 Å². The molecule has 8 nitrogen and oxygen atoms in total. The zero-order valence-corrected chi connectivity index (χ0v) is 8.47. The molecule has 0 saturated heterocycles. The Morgan fingerprint density at radius 3 is 2.44 bits per heavy atom. The van der Waals surface area contributed by atoms with Gasteiger partial charge in [0, 0.05) is 0 Å². The number of benzene rings is 1. The third-order valence-corrected chi connectivity index (χ3v) is 2.13. The van der Waals surface area contributed by atoms with Gasteiger partial charge in [0.15, 0.2) is 11.5 Å². The number of phenols is 1. The van der Waals surface area contributed by atoms with E-state index in [-0.39, 0.29) is 5.56 Å². The summed E-state index contributed by atoms with van der Waals surface area (Å²) < 4.78 is 29.2. The lowest BCUT2D eigenvalue weighted by Gasteiger charge is -2.05. The summed E-state index contributed by atoms with van der Waals surface area (Å²) in [6.07, 6.45) is 0. The number of carbonyl (C=O) groups is 1. The first-order chi connectivity index (χ1) is 7.35. The van der Waals surface area contributed by atoms with E-state index >= 15 is 0 Å². The molecule has 0 spiro atoms. The second-order valence-electron chi connectivity index (χ2n) is 2.58. The predicted molar refractivity (Wildman–Crippen MR) is 49.9 cm³/mol. The first-order valence-electron chi connectivity index (χ1n) is 3.75. The van der Waals surface area contributed by atoms with Crippen molar-refractivity contribution in [3.8, 4) is 11.5 Å². The first kappa shape index (κ1) is 12.2. The molecule has 1 aromatic carbocycles. The van der Waals surface area contributed by atoms with Crippen molar-refractivity contribution in [2.45, 2.75) is 0 Å². The van der Waals surface area contributed by atoms with Gasteiger partial charge in [-0.15, -0.1) is 0 Å². The van der Waals surface area contributed by atoms with Crippen LogP contribution in [0.15, 0.2) is 18.2 Å². The molecule has 0 amide bonds. The lowest BCUT2D eigenvalue weighted by molar-refractivity contribution is 0.0696. The highest BCUT2D eigenvalue weighted by atomic mass is 32.3. The number of carboxylic acid groups (broad SMARTS) is 1. The van der Waals surface area contributed by atoms with Crippen LogP contribution in [0.4, 0.5) is 0 Å². The number of rotatable bonds is 4. The van der Waals surface area contributed by atoms with E-state index in [9.17, 15) is 18.3 Å². The van der Waals surface area contributed by atoms with Crippen LogP contribution in [0.25, 0.3) is 0 Å². The molecule has 0 aromatic heterocycles. The standard InChI is InChI=1S/C7H7NO7S/c8-15-16(12,13)14-6-2-1-4(7(10)11)3-5(6)9/h1-3,9H,8H2,(H,10,11). The Labute approximate surface area is 90.1 Å². The highest BCUT2D eigenvalue weighted by Gasteiger charge is 2.16. The van der Waals surface area contributed by atoms with Crippen molar-refractivity contribution in [2.75, 3.05) is 0 Å². The van der Waals surface area contributed by atoms with Crippen LogP contribution in [0, 0.1) is 0 Å². The lowest BCUT2D eigenvalue weighted by Crippen LogP contribution is -2.17. The number of phenolic OH excluding ortho intramolecular Hbond substituents is 1. The van der Waals surface area contributed by atoms with E-state index in [2.05, 4.69) is 14.4 Å². The Morgan fingerprint density at radius 2 is 2.00 bits per heavy atom. The molecule has 0 heterocycles. The topological polar surface area (TPSA) is 136 Å². The predicted octanol–water partition coefficient (Wildman–Crippen LogP) is -0.396. The van der Waals surface area contributed by atoms with E-state index in [4.69, 9.17) is 5.11 Å². The molecule has 4 N–H and O–H groups in total. The fourth-order valence-corrected chi connectivity index (χ4v) is 1.25. The van der Waals surface area contributed by atoms with Crippen LogP contribution in [0.2, 0.25) is 0 Å². The third-order valence-electron chi connectivity index (χ3n) is 1.52. The van der Waals surface area contributed by atoms with Gasteiger partial charge >= 0.3 is 16.4 Å².